The van der Waals surface area contributed by atoms with Gasteiger partial charge in [-0.05, 0) is 40.7 Å². The van der Waals surface area contributed by atoms with E-state index in [1.54, 1.807) is 30.6 Å². The van der Waals surface area contributed by atoms with Crippen molar-refractivity contribution in [3.8, 4) is 10.6 Å². The number of hydrogen-bond acceptors (Lipinski definition) is 4. The van der Waals surface area contributed by atoms with E-state index in [0.717, 1.165) is 34.2 Å². The Morgan fingerprint density at radius 1 is 1.45 bits per heavy atom. The van der Waals surface area contributed by atoms with Gasteiger partial charge in [-0.3, -0.25) is 0 Å². The maximum atomic E-state index is 13.3. The summed E-state index contributed by atoms with van der Waals surface area (Å²) in [5.41, 5.74) is 1.84. The first kappa shape index (κ1) is 15.6. The molecule has 0 unspecified atom stereocenters. The summed E-state index contributed by atoms with van der Waals surface area (Å²) in [4.78, 5) is 5.76. The van der Waals surface area contributed by atoms with Gasteiger partial charge in [-0.2, -0.15) is 0 Å². The first-order valence-corrected chi connectivity index (χ1v) is 7.90. The third-order valence-electron chi connectivity index (χ3n) is 2.76. The van der Waals surface area contributed by atoms with Crippen LogP contribution in [0.2, 0.25) is 0 Å². The monoisotopic (exact) mass is 358 g/mol. The predicted octanol–water partition coefficient (Wildman–Crippen LogP) is 3.97. The molecule has 6 heteroatoms. The quantitative estimate of drug-likeness (QED) is 0.848. The van der Waals surface area contributed by atoms with Crippen molar-refractivity contribution >= 4 is 27.3 Å². The second-order valence-corrected chi connectivity index (χ2v) is 6.17. The summed E-state index contributed by atoms with van der Waals surface area (Å²) in [6, 6.07) is 4.94. The van der Waals surface area contributed by atoms with Crippen LogP contribution in [0.15, 0.2) is 22.7 Å². The Morgan fingerprint density at radius 2 is 2.25 bits per heavy atom. The molecule has 3 nitrogen and oxygen atoms in total. The van der Waals surface area contributed by atoms with Gasteiger partial charge in [0.1, 0.15) is 10.8 Å². The summed E-state index contributed by atoms with van der Waals surface area (Å²) >= 11 is 4.82. The van der Waals surface area contributed by atoms with Crippen LogP contribution in [-0.2, 0) is 17.9 Å². The van der Waals surface area contributed by atoms with Crippen LogP contribution in [0.5, 0.6) is 0 Å². The van der Waals surface area contributed by atoms with Crippen LogP contribution in [0.4, 0.5) is 4.39 Å². The second-order valence-electron chi connectivity index (χ2n) is 4.23. The van der Waals surface area contributed by atoms with Gasteiger partial charge < -0.3 is 10.1 Å². The maximum absolute atomic E-state index is 13.3. The molecule has 0 aliphatic heterocycles. The van der Waals surface area contributed by atoms with E-state index in [4.69, 9.17) is 4.74 Å². The molecule has 2 rings (SSSR count). The van der Waals surface area contributed by atoms with E-state index in [1.807, 2.05) is 0 Å². The van der Waals surface area contributed by atoms with Crippen molar-refractivity contribution < 1.29 is 9.13 Å². The molecule has 1 aromatic carbocycles. The Hall–Kier alpha value is -0.820. The van der Waals surface area contributed by atoms with E-state index in [-0.39, 0.29) is 5.82 Å². The molecule has 2 aromatic rings. The third kappa shape index (κ3) is 3.63. The number of halogens is 2. The van der Waals surface area contributed by atoms with E-state index >= 15 is 0 Å². The van der Waals surface area contributed by atoms with Crippen LogP contribution >= 0.6 is 27.3 Å². The lowest BCUT2D eigenvalue weighted by molar-refractivity contribution is 0.181. The molecule has 20 heavy (non-hydrogen) atoms. The molecule has 0 saturated heterocycles. The number of methoxy groups -OCH3 is 1. The SMILES string of the molecule is CCNCc1sc(-c2ccc(F)c(Br)c2)nc1COC. The molecule has 1 N–H and O–H groups in total. The fourth-order valence-electron chi connectivity index (χ4n) is 1.76. The zero-order valence-corrected chi connectivity index (χ0v) is 13.8. The molecule has 1 aromatic heterocycles. The van der Waals surface area contributed by atoms with E-state index < -0.39 is 0 Å². The summed E-state index contributed by atoms with van der Waals surface area (Å²) in [5, 5.41) is 4.17. The second kappa shape index (κ2) is 7.26. The van der Waals surface area contributed by atoms with Crippen LogP contribution in [0.25, 0.3) is 10.6 Å². The van der Waals surface area contributed by atoms with E-state index in [1.165, 1.54) is 6.07 Å². The highest BCUT2D eigenvalue weighted by atomic mass is 79.9. The molecular formula is C14H16BrFN2OS. The highest BCUT2D eigenvalue weighted by molar-refractivity contribution is 9.10. The molecule has 0 bridgehead atoms. The minimum Gasteiger partial charge on any atom is -0.378 e. The lowest BCUT2D eigenvalue weighted by atomic mass is 10.2. The summed E-state index contributed by atoms with van der Waals surface area (Å²) in [6.07, 6.45) is 0. The Morgan fingerprint density at radius 3 is 2.90 bits per heavy atom. The maximum Gasteiger partial charge on any atom is 0.137 e. The molecule has 0 fully saturated rings. The van der Waals surface area contributed by atoms with Crippen molar-refractivity contribution in [3.05, 3.63) is 39.1 Å². The lowest BCUT2D eigenvalue weighted by Gasteiger charge is -2.00. The highest BCUT2D eigenvalue weighted by Gasteiger charge is 2.13. The van der Waals surface area contributed by atoms with Crippen molar-refractivity contribution in [2.75, 3.05) is 13.7 Å². The van der Waals surface area contributed by atoms with E-state index in [0.29, 0.717) is 11.1 Å². The molecule has 108 valence electrons. The molecule has 0 aliphatic rings. The van der Waals surface area contributed by atoms with Crippen molar-refractivity contribution in [2.45, 2.75) is 20.1 Å². The molecule has 0 saturated carbocycles. The topological polar surface area (TPSA) is 34.2 Å². The van der Waals surface area contributed by atoms with Crippen molar-refractivity contribution in [2.24, 2.45) is 0 Å². The van der Waals surface area contributed by atoms with Gasteiger partial charge in [0, 0.05) is 24.1 Å². The van der Waals surface area contributed by atoms with Gasteiger partial charge in [0.2, 0.25) is 0 Å². The number of nitrogens with one attached hydrogen (secondary N) is 1. The van der Waals surface area contributed by atoms with Crippen molar-refractivity contribution in [1.82, 2.24) is 10.3 Å². The third-order valence-corrected chi connectivity index (χ3v) is 4.52. The number of rotatable bonds is 6. The van der Waals surface area contributed by atoms with Crippen molar-refractivity contribution in [3.63, 3.8) is 0 Å². The predicted molar refractivity (Wildman–Crippen MR) is 83.3 cm³/mol. The average molecular weight is 359 g/mol. The summed E-state index contributed by atoms with van der Waals surface area (Å²) < 4.78 is 18.9. The number of benzene rings is 1. The Balaban J connectivity index is 2.33. The molecule has 0 spiro atoms. The molecule has 1 heterocycles. The van der Waals surface area contributed by atoms with E-state index in [2.05, 4.69) is 33.2 Å². The normalized spacial score (nSPS) is 11.0. The first-order valence-electron chi connectivity index (χ1n) is 6.29. The molecule has 0 atom stereocenters. The summed E-state index contributed by atoms with van der Waals surface area (Å²) in [6.45, 7) is 4.23. The minimum atomic E-state index is -0.268. The molecule has 0 amide bonds. The number of nitrogens with zero attached hydrogens (tertiary/aromatic N) is 1. The number of aromatic nitrogens is 1. The van der Waals surface area contributed by atoms with Crippen LogP contribution in [0, 0.1) is 5.82 Å². The van der Waals surface area contributed by atoms with Crippen LogP contribution in [0.3, 0.4) is 0 Å². The van der Waals surface area contributed by atoms with Gasteiger partial charge >= 0.3 is 0 Å². The Kier molecular flexibility index (Phi) is 5.65. The average Bonchev–Trinajstić information content (AvgIpc) is 2.83. The van der Waals surface area contributed by atoms with Crippen LogP contribution < -0.4 is 5.32 Å². The Labute approximate surface area is 130 Å². The molecule has 0 radical (unpaired) electrons. The van der Waals surface area contributed by atoms with Gasteiger partial charge in [-0.25, -0.2) is 9.37 Å². The van der Waals surface area contributed by atoms with Gasteiger partial charge in [0.25, 0.3) is 0 Å². The van der Waals surface area contributed by atoms with Gasteiger partial charge in [-0.15, -0.1) is 11.3 Å². The van der Waals surface area contributed by atoms with Gasteiger partial charge in [0.15, 0.2) is 0 Å². The largest absolute Gasteiger partial charge is 0.378 e. The zero-order chi connectivity index (χ0) is 14.5. The number of thiazole rings is 1. The summed E-state index contributed by atoms with van der Waals surface area (Å²) in [5.74, 6) is -0.268. The number of ether oxygens (including phenoxy) is 1. The van der Waals surface area contributed by atoms with Crippen molar-refractivity contribution in [1.29, 1.82) is 0 Å². The fraction of sp³-hybridized carbons (Fsp3) is 0.357. The molecule has 0 aliphatic carbocycles. The van der Waals surface area contributed by atoms with Crippen LogP contribution in [-0.4, -0.2) is 18.6 Å². The zero-order valence-electron chi connectivity index (χ0n) is 11.4. The number of hydrogen-bond donors (Lipinski definition) is 1. The fourth-order valence-corrected chi connectivity index (χ4v) is 3.17. The standard InChI is InChI=1S/C14H16BrFN2OS/c1-3-17-7-13-12(8-19-2)18-14(20-13)9-4-5-11(16)10(15)6-9/h4-6,17H,3,7-8H2,1-2H3. The van der Waals surface area contributed by atoms with Gasteiger partial charge in [0.05, 0.1) is 16.8 Å². The lowest BCUT2D eigenvalue weighted by Crippen LogP contribution is -2.12. The first-order chi connectivity index (χ1) is 9.65. The molecular weight excluding hydrogens is 343 g/mol. The van der Waals surface area contributed by atoms with E-state index in [9.17, 15) is 4.39 Å². The minimum absolute atomic E-state index is 0.268. The van der Waals surface area contributed by atoms with Gasteiger partial charge in [-0.1, -0.05) is 6.92 Å². The summed E-state index contributed by atoms with van der Waals surface area (Å²) in [7, 11) is 1.66. The van der Waals surface area contributed by atoms with Crippen LogP contribution in [0.1, 0.15) is 17.5 Å². The highest BCUT2D eigenvalue weighted by Crippen LogP contribution is 2.31. The Bertz CT molecular complexity index is 589. The smallest absolute Gasteiger partial charge is 0.137 e.